The molecule has 0 aromatic carbocycles. The van der Waals surface area contributed by atoms with Gasteiger partial charge in [-0.25, -0.2) is 0 Å². The first-order chi connectivity index (χ1) is 8.22. The third-order valence-corrected chi connectivity index (χ3v) is 2.52. The van der Waals surface area contributed by atoms with Crippen molar-refractivity contribution < 1.29 is 0 Å². The maximum Gasteiger partial charge on any atom is 0.173 e. The van der Waals surface area contributed by atoms with E-state index in [0.717, 1.165) is 24.5 Å². The summed E-state index contributed by atoms with van der Waals surface area (Å²) in [5, 5.41) is 19.2. The normalized spacial score (nSPS) is 12.9. The largest absolute Gasteiger partial charge is 0.307 e. The maximum absolute atomic E-state index is 4.12. The zero-order chi connectivity index (χ0) is 12.3. The summed E-state index contributed by atoms with van der Waals surface area (Å²) in [6.45, 7) is 5.12. The van der Waals surface area contributed by atoms with Crippen molar-refractivity contribution in [1.29, 1.82) is 0 Å². The molecule has 7 nitrogen and oxygen atoms in total. The van der Waals surface area contributed by atoms with E-state index >= 15 is 0 Å². The number of tetrazole rings is 1. The molecule has 2 rings (SSSR count). The van der Waals surface area contributed by atoms with Gasteiger partial charge in [-0.3, -0.25) is 4.68 Å². The van der Waals surface area contributed by atoms with Crippen LogP contribution in [0.5, 0.6) is 0 Å². The molecule has 1 atom stereocenters. The molecule has 0 aliphatic rings. The molecule has 0 aliphatic carbocycles. The Morgan fingerprint density at radius 3 is 2.94 bits per heavy atom. The topological polar surface area (TPSA) is 73.5 Å². The van der Waals surface area contributed by atoms with Crippen LogP contribution in [0.3, 0.4) is 0 Å². The average Bonchev–Trinajstić information content (AvgIpc) is 2.93. The Kier molecular flexibility index (Phi) is 3.48. The molecular weight excluding hydrogens is 218 g/mol. The van der Waals surface area contributed by atoms with Crippen molar-refractivity contribution in [2.75, 3.05) is 6.54 Å². The molecule has 2 aromatic heterocycles. The van der Waals surface area contributed by atoms with Gasteiger partial charge in [-0.05, 0) is 30.3 Å². The molecule has 2 aromatic rings. The van der Waals surface area contributed by atoms with Crippen molar-refractivity contribution in [2.45, 2.75) is 26.3 Å². The second-order valence-electron chi connectivity index (χ2n) is 4.00. The fourth-order valence-electron chi connectivity index (χ4n) is 1.62. The number of rotatable bonds is 5. The molecule has 17 heavy (non-hydrogen) atoms. The van der Waals surface area contributed by atoms with E-state index < -0.39 is 0 Å². The van der Waals surface area contributed by atoms with Gasteiger partial charge in [0.1, 0.15) is 5.69 Å². The van der Waals surface area contributed by atoms with E-state index in [1.54, 1.807) is 15.6 Å². The minimum atomic E-state index is 0.116. The molecule has 0 spiro atoms. The first kappa shape index (κ1) is 11.7. The van der Waals surface area contributed by atoms with E-state index in [1.807, 2.05) is 20.2 Å². The van der Waals surface area contributed by atoms with Crippen molar-refractivity contribution >= 4 is 0 Å². The Labute approximate surface area is 99.8 Å². The highest BCUT2D eigenvalue weighted by Crippen LogP contribution is 2.12. The van der Waals surface area contributed by atoms with E-state index in [1.165, 1.54) is 0 Å². The number of hydrogen-bond acceptors (Lipinski definition) is 5. The summed E-state index contributed by atoms with van der Waals surface area (Å²) in [7, 11) is 1.87. The summed E-state index contributed by atoms with van der Waals surface area (Å²) in [4.78, 5) is 0. The van der Waals surface area contributed by atoms with Crippen LogP contribution in [0, 0.1) is 0 Å². The smallest absolute Gasteiger partial charge is 0.173 e. The van der Waals surface area contributed by atoms with Crippen LogP contribution in [0.4, 0.5) is 0 Å². The Morgan fingerprint density at radius 2 is 2.29 bits per heavy atom. The Balaban J connectivity index is 2.22. The lowest BCUT2D eigenvalue weighted by atomic mass is 10.3. The summed E-state index contributed by atoms with van der Waals surface area (Å²) in [6.07, 6.45) is 4.71. The van der Waals surface area contributed by atoms with Crippen molar-refractivity contribution in [3.05, 3.63) is 18.2 Å². The zero-order valence-corrected chi connectivity index (χ0v) is 10.3. The number of nitrogens with one attached hydrogen (secondary N) is 1. The van der Waals surface area contributed by atoms with E-state index in [0.29, 0.717) is 0 Å². The number of nitrogens with zero attached hydrogens (tertiary/aromatic N) is 6. The predicted molar refractivity (Wildman–Crippen MR) is 62.6 cm³/mol. The highest BCUT2D eigenvalue weighted by Gasteiger charge is 2.15. The third kappa shape index (κ3) is 2.50. The third-order valence-electron chi connectivity index (χ3n) is 2.52. The van der Waals surface area contributed by atoms with Crippen LogP contribution in [-0.4, -0.2) is 36.5 Å². The molecular formula is C10H17N7. The van der Waals surface area contributed by atoms with Crippen LogP contribution in [0.1, 0.15) is 32.1 Å². The van der Waals surface area contributed by atoms with Crippen molar-refractivity contribution in [1.82, 2.24) is 35.3 Å². The van der Waals surface area contributed by atoms with Gasteiger partial charge in [-0.1, -0.05) is 6.92 Å². The number of hydrogen-bond donors (Lipinski definition) is 1. The lowest BCUT2D eigenvalue weighted by molar-refractivity contribution is 0.531. The Bertz CT molecular complexity index is 472. The van der Waals surface area contributed by atoms with Crippen LogP contribution in [0.15, 0.2) is 12.4 Å². The van der Waals surface area contributed by atoms with Crippen LogP contribution in [0.25, 0.3) is 5.69 Å². The molecule has 0 fully saturated rings. The predicted octanol–water partition coefficient (Wildman–Crippen LogP) is 0.456. The Morgan fingerprint density at radius 1 is 1.47 bits per heavy atom. The summed E-state index contributed by atoms with van der Waals surface area (Å²) in [5.41, 5.74) is 0.873. The first-order valence-electron chi connectivity index (χ1n) is 5.73. The van der Waals surface area contributed by atoms with E-state index in [4.69, 9.17) is 0 Å². The molecule has 1 unspecified atom stereocenters. The van der Waals surface area contributed by atoms with Gasteiger partial charge in [-0.2, -0.15) is 9.78 Å². The molecule has 0 bridgehead atoms. The van der Waals surface area contributed by atoms with Crippen LogP contribution >= 0.6 is 0 Å². The summed E-state index contributed by atoms with van der Waals surface area (Å²) < 4.78 is 3.44. The van der Waals surface area contributed by atoms with E-state index in [9.17, 15) is 0 Å². The van der Waals surface area contributed by atoms with Gasteiger partial charge in [0.05, 0.1) is 18.4 Å². The molecule has 1 N–H and O–H groups in total. The SMILES string of the molecule is CCCNC(C)c1nnnn1-c1cnn(C)c1. The minimum absolute atomic E-state index is 0.116. The maximum atomic E-state index is 4.12. The summed E-state index contributed by atoms with van der Waals surface area (Å²) in [5.74, 6) is 0.798. The summed E-state index contributed by atoms with van der Waals surface area (Å²) in [6, 6.07) is 0.116. The van der Waals surface area contributed by atoms with Crippen LogP contribution < -0.4 is 5.32 Å². The zero-order valence-electron chi connectivity index (χ0n) is 10.3. The second kappa shape index (κ2) is 5.05. The van der Waals surface area contributed by atoms with E-state index in [2.05, 4.69) is 32.9 Å². The second-order valence-corrected chi connectivity index (χ2v) is 4.00. The fraction of sp³-hybridized carbons (Fsp3) is 0.600. The van der Waals surface area contributed by atoms with Crippen LogP contribution in [-0.2, 0) is 7.05 Å². The molecule has 7 heteroatoms. The van der Waals surface area contributed by atoms with Crippen molar-refractivity contribution in [3.8, 4) is 5.69 Å². The van der Waals surface area contributed by atoms with Gasteiger partial charge in [0, 0.05) is 7.05 Å². The highest BCUT2D eigenvalue weighted by atomic mass is 15.6. The summed E-state index contributed by atoms with van der Waals surface area (Å²) >= 11 is 0. The Hall–Kier alpha value is -1.76. The fourth-order valence-corrected chi connectivity index (χ4v) is 1.62. The van der Waals surface area contributed by atoms with Gasteiger partial charge in [-0.15, -0.1) is 5.10 Å². The molecule has 0 amide bonds. The lowest BCUT2D eigenvalue weighted by Crippen LogP contribution is -2.22. The lowest BCUT2D eigenvalue weighted by Gasteiger charge is -2.11. The van der Waals surface area contributed by atoms with Gasteiger partial charge in [0.25, 0.3) is 0 Å². The van der Waals surface area contributed by atoms with Crippen molar-refractivity contribution in [3.63, 3.8) is 0 Å². The molecule has 0 saturated carbocycles. The monoisotopic (exact) mass is 235 g/mol. The van der Waals surface area contributed by atoms with Gasteiger partial charge < -0.3 is 5.32 Å². The molecule has 2 heterocycles. The number of aryl methyl sites for hydroxylation is 1. The molecule has 0 radical (unpaired) electrons. The molecule has 92 valence electrons. The van der Waals surface area contributed by atoms with Gasteiger partial charge in [0.15, 0.2) is 5.82 Å². The molecule has 0 saturated heterocycles. The van der Waals surface area contributed by atoms with Gasteiger partial charge in [0.2, 0.25) is 0 Å². The molecule has 0 aliphatic heterocycles. The van der Waals surface area contributed by atoms with Gasteiger partial charge >= 0.3 is 0 Å². The first-order valence-corrected chi connectivity index (χ1v) is 5.73. The van der Waals surface area contributed by atoms with Crippen LogP contribution in [0.2, 0.25) is 0 Å². The quantitative estimate of drug-likeness (QED) is 0.814. The van der Waals surface area contributed by atoms with Crippen molar-refractivity contribution in [2.24, 2.45) is 7.05 Å². The van der Waals surface area contributed by atoms with E-state index in [-0.39, 0.29) is 6.04 Å². The minimum Gasteiger partial charge on any atom is -0.307 e. The standard InChI is InChI=1S/C10H17N7/c1-4-5-11-8(2)10-13-14-15-17(10)9-6-12-16(3)7-9/h6-8,11H,4-5H2,1-3H3. The number of aromatic nitrogens is 6. The average molecular weight is 235 g/mol. The highest BCUT2D eigenvalue weighted by molar-refractivity contribution is 5.24.